The van der Waals surface area contributed by atoms with E-state index in [4.69, 9.17) is 5.26 Å². The van der Waals surface area contributed by atoms with Crippen LogP contribution in [0.15, 0.2) is 18.2 Å². The highest BCUT2D eigenvalue weighted by atomic mass is 32.2. The fourth-order valence-electron chi connectivity index (χ4n) is 1.63. The van der Waals surface area contributed by atoms with E-state index >= 15 is 0 Å². The van der Waals surface area contributed by atoms with Gasteiger partial charge < -0.3 is 0 Å². The van der Waals surface area contributed by atoms with Crippen LogP contribution in [0.25, 0.3) is 0 Å². The maximum Gasteiger partial charge on any atom is 0.235 e. The molecule has 4 nitrogen and oxygen atoms in total. The largest absolute Gasteiger partial charge is 0.283 e. The minimum atomic E-state index is -3.32. The van der Waals surface area contributed by atoms with Crippen molar-refractivity contribution in [2.75, 3.05) is 4.72 Å². The fourth-order valence-corrected chi connectivity index (χ4v) is 3.05. The Bertz CT molecular complexity index is 539. The maximum atomic E-state index is 11.9. The Labute approximate surface area is 101 Å². The summed E-state index contributed by atoms with van der Waals surface area (Å²) in [5.74, 6) is 0.287. The van der Waals surface area contributed by atoms with Crippen molar-refractivity contribution in [3.63, 3.8) is 0 Å². The Morgan fingerprint density at radius 3 is 2.71 bits per heavy atom. The SMILES string of the molecule is CC(C1CC1)S(=O)(=O)Nc1c[c]c(C#N)cc1. The molecular formula is C12H13N2O2S. The Kier molecular flexibility index (Phi) is 3.07. The van der Waals surface area contributed by atoms with E-state index in [-0.39, 0.29) is 11.2 Å². The molecule has 0 heterocycles. The van der Waals surface area contributed by atoms with E-state index in [0.717, 1.165) is 12.8 Å². The fraction of sp³-hybridized carbons (Fsp3) is 0.417. The summed E-state index contributed by atoms with van der Waals surface area (Å²) >= 11 is 0. The molecule has 1 N–H and O–H groups in total. The van der Waals surface area contributed by atoms with E-state index in [1.807, 2.05) is 6.07 Å². The average Bonchev–Trinajstić information content (AvgIpc) is 3.12. The van der Waals surface area contributed by atoms with E-state index in [1.54, 1.807) is 19.1 Å². The van der Waals surface area contributed by atoms with E-state index < -0.39 is 10.0 Å². The Hall–Kier alpha value is -1.54. The number of anilines is 1. The summed E-state index contributed by atoms with van der Waals surface area (Å²) < 4.78 is 26.4. The van der Waals surface area contributed by atoms with Crippen LogP contribution in [0.5, 0.6) is 0 Å². The highest BCUT2D eigenvalue weighted by molar-refractivity contribution is 7.93. The standard InChI is InChI=1S/C12H13N2O2S/c1-9(11-4-5-11)17(15,16)14-12-6-2-10(8-13)3-7-12/h2,6-7,9,11,14H,4-5H2,1H3. The summed E-state index contributed by atoms with van der Waals surface area (Å²) in [7, 11) is -3.32. The molecular weight excluding hydrogens is 236 g/mol. The first-order chi connectivity index (χ1) is 8.03. The predicted molar refractivity (Wildman–Crippen MR) is 64.7 cm³/mol. The van der Waals surface area contributed by atoms with E-state index in [9.17, 15) is 8.42 Å². The first-order valence-electron chi connectivity index (χ1n) is 5.46. The lowest BCUT2D eigenvalue weighted by Crippen LogP contribution is -2.26. The summed E-state index contributed by atoms with van der Waals surface area (Å²) in [6, 6.07) is 9.24. The second-order valence-corrected chi connectivity index (χ2v) is 6.33. The van der Waals surface area contributed by atoms with Crippen LogP contribution >= 0.6 is 0 Å². The predicted octanol–water partition coefficient (Wildman–Crippen LogP) is 1.90. The molecule has 2 rings (SSSR count). The van der Waals surface area contributed by atoms with Gasteiger partial charge in [-0.2, -0.15) is 5.26 Å². The molecule has 1 radical (unpaired) electrons. The van der Waals surface area contributed by atoms with Crippen LogP contribution in [0.3, 0.4) is 0 Å². The number of nitrogens with one attached hydrogen (secondary N) is 1. The van der Waals surface area contributed by atoms with Crippen molar-refractivity contribution in [1.82, 2.24) is 0 Å². The molecule has 0 aromatic heterocycles. The van der Waals surface area contributed by atoms with Crippen LogP contribution in [-0.4, -0.2) is 13.7 Å². The molecule has 1 saturated carbocycles. The van der Waals surface area contributed by atoms with Gasteiger partial charge in [-0.3, -0.25) is 4.72 Å². The molecule has 1 aromatic rings. The van der Waals surface area contributed by atoms with Crippen molar-refractivity contribution in [2.45, 2.75) is 25.0 Å². The molecule has 1 unspecified atom stereocenters. The molecule has 1 aliphatic rings. The minimum Gasteiger partial charge on any atom is -0.283 e. The van der Waals surface area contributed by atoms with Crippen molar-refractivity contribution in [2.24, 2.45) is 5.92 Å². The van der Waals surface area contributed by atoms with Gasteiger partial charge in [0.15, 0.2) is 0 Å². The topological polar surface area (TPSA) is 70.0 Å². The first kappa shape index (κ1) is 11.9. The van der Waals surface area contributed by atoms with Gasteiger partial charge in [0.05, 0.1) is 16.9 Å². The number of benzene rings is 1. The second-order valence-electron chi connectivity index (χ2n) is 4.29. The van der Waals surface area contributed by atoms with Crippen molar-refractivity contribution in [1.29, 1.82) is 5.26 Å². The Balaban J connectivity index is 2.11. The third kappa shape index (κ3) is 2.77. The number of nitrogens with zero attached hydrogens (tertiary/aromatic N) is 1. The molecule has 0 spiro atoms. The van der Waals surface area contributed by atoms with Gasteiger partial charge in [-0.25, -0.2) is 8.42 Å². The molecule has 0 aliphatic heterocycles. The first-order valence-corrected chi connectivity index (χ1v) is 7.01. The van der Waals surface area contributed by atoms with Crippen LogP contribution < -0.4 is 4.72 Å². The normalized spacial score (nSPS) is 17.2. The van der Waals surface area contributed by atoms with Crippen LogP contribution in [-0.2, 0) is 10.0 Å². The van der Waals surface area contributed by atoms with Crippen molar-refractivity contribution < 1.29 is 8.42 Å². The monoisotopic (exact) mass is 249 g/mol. The zero-order chi connectivity index (χ0) is 12.5. The summed E-state index contributed by atoms with van der Waals surface area (Å²) in [4.78, 5) is 0. The highest BCUT2D eigenvalue weighted by Gasteiger charge is 2.36. The number of hydrogen-bond acceptors (Lipinski definition) is 3. The summed E-state index contributed by atoms with van der Waals surface area (Å²) in [5.41, 5.74) is 0.847. The van der Waals surface area contributed by atoms with E-state index in [0.29, 0.717) is 11.3 Å². The van der Waals surface area contributed by atoms with Crippen molar-refractivity contribution >= 4 is 15.7 Å². The van der Waals surface area contributed by atoms with Crippen molar-refractivity contribution in [3.8, 4) is 6.07 Å². The molecule has 1 atom stereocenters. The number of nitriles is 1. The summed E-state index contributed by atoms with van der Waals surface area (Å²) in [5, 5.41) is 8.25. The molecule has 17 heavy (non-hydrogen) atoms. The Morgan fingerprint density at radius 1 is 1.53 bits per heavy atom. The molecule has 1 aliphatic carbocycles. The number of rotatable bonds is 4. The van der Waals surface area contributed by atoms with Gasteiger partial charge in [0.2, 0.25) is 10.0 Å². The van der Waals surface area contributed by atoms with Gasteiger partial charge in [-0.05, 0) is 43.9 Å². The van der Waals surface area contributed by atoms with Gasteiger partial charge in [0, 0.05) is 11.8 Å². The third-order valence-electron chi connectivity index (χ3n) is 2.97. The molecule has 0 saturated heterocycles. The maximum absolute atomic E-state index is 11.9. The molecule has 1 aromatic carbocycles. The molecule has 1 fully saturated rings. The van der Waals surface area contributed by atoms with Crippen molar-refractivity contribution in [3.05, 3.63) is 29.8 Å². The Morgan fingerprint density at radius 2 is 2.24 bits per heavy atom. The van der Waals surface area contributed by atoms with Gasteiger partial charge in [0.1, 0.15) is 0 Å². The number of hydrogen-bond donors (Lipinski definition) is 1. The minimum absolute atomic E-state index is 0.287. The van der Waals surface area contributed by atoms with Gasteiger partial charge in [-0.15, -0.1) is 0 Å². The summed E-state index contributed by atoms with van der Waals surface area (Å²) in [6.07, 6.45) is 1.98. The van der Waals surface area contributed by atoms with Gasteiger partial charge in [0.25, 0.3) is 0 Å². The smallest absolute Gasteiger partial charge is 0.235 e. The van der Waals surface area contributed by atoms with Crippen LogP contribution in [0.2, 0.25) is 0 Å². The van der Waals surface area contributed by atoms with Crippen LogP contribution in [0, 0.1) is 23.3 Å². The van der Waals surface area contributed by atoms with Crippen LogP contribution in [0.4, 0.5) is 5.69 Å². The lowest BCUT2D eigenvalue weighted by Gasteiger charge is -2.13. The molecule has 5 heteroatoms. The zero-order valence-corrected chi connectivity index (χ0v) is 10.3. The molecule has 0 amide bonds. The number of sulfonamides is 1. The average molecular weight is 249 g/mol. The summed E-state index contributed by atoms with van der Waals surface area (Å²) in [6.45, 7) is 1.73. The van der Waals surface area contributed by atoms with E-state index in [2.05, 4.69) is 10.8 Å². The molecule has 89 valence electrons. The van der Waals surface area contributed by atoms with E-state index in [1.165, 1.54) is 6.07 Å². The molecule has 0 bridgehead atoms. The second kappa shape index (κ2) is 4.38. The lowest BCUT2D eigenvalue weighted by molar-refractivity contribution is 0.580. The third-order valence-corrected chi connectivity index (χ3v) is 4.85. The van der Waals surface area contributed by atoms with Crippen LogP contribution in [0.1, 0.15) is 25.3 Å². The van der Waals surface area contributed by atoms with Gasteiger partial charge in [-0.1, -0.05) is 0 Å². The van der Waals surface area contributed by atoms with Gasteiger partial charge >= 0.3 is 0 Å². The quantitative estimate of drug-likeness (QED) is 0.886. The lowest BCUT2D eigenvalue weighted by atomic mass is 10.2. The highest BCUT2D eigenvalue weighted by Crippen LogP contribution is 2.36. The zero-order valence-electron chi connectivity index (χ0n) is 9.47.